The van der Waals surface area contributed by atoms with Crippen LogP contribution in [0.4, 0.5) is 5.69 Å². The van der Waals surface area contributed by atoms with Gasteiger partial charge in [0, 0.05) is 50.6 Å². The highest BCUT2D eigenvalue weighted by Crippen LogP contribution is 2.27. The Hall–Kier alpha value is -1.72. The molecule has 0 aromatic heterocycles. The molecule has 0 radical (unpaired) electrons. The molecule has 3 rings (SSSR count). The highest BCUT2D eigenvalue weighted by Gasteiger charge is 2.26. The highest BCUT2D eigenvalue weighted by atomic mass is 16.2. The summed E-state index contributed by atoms with van der Waals surface area (Å²) in [6.07, 6.45) is 2.70. The van der Waals surface area contributed by atoms with Crippen molar-refractivity contribution in [2.24, 2.45) is 0 Å². The number of hydrogen-bond acceptors (Lipinski definition) is 4. The van der Waals surface area contributed by atoms with Gasteiger partial charge in [-0.15, -0.1) is 0 Å². The van der Waals surface area contributed by atoms with Crippen LogP contribution in [0.3, 0.4) is 0 Å². The molecule has 0 N–H and O–H groups in total. The van der Waals surface area contributed by atoms with Gasteiger partial charge < -0.3 is 9.80 Å². The fourth-order valence-electron chi connectivity index (χ4n) is 4.16. The number of fused-ring (bicyclic) bond motifs is 1. The number of anilines is 1. The van der Waals surface area contributed by atoms with E-state index in [0.29, 0.717) is 31.0 Å². The number of carbonyl (C=O) groups excluding carboxylic acids is 2. The van der Waals surface area contributed by atoms with Crippen LogP contribution in [-0.2, 0) is 4.79 Å². The van der Waals surface area contributed by atoms with Crippen molar-refractivity contribution in [3.05, 3.63) is 29.8 Å². The van der Waals surface area contributed by atoms with Crippen molar-refractivity contribution in [2.45, 2.75) is 45.6 Å². The molecule has 2 aliphatic heterocycles. The number of piperazine rings is 1. The summed E-state index contributed by atoms with van der Waals surface area (Å²) in [4.78, 5) is 31.6. The van der Waals surface area contributed by atoms with E-state index in [0.717, 1.165) is 51.3 Å². The fourth-order valence-corrected chi connectivity index (χ4v) is 4.16. The van der Waals surface area contributed by atoms with Gasteiger partial charge >= 0.3 is 0 Å². The topological polar surface area (TPSA) is 43.9 Å². The summed E-state index contributed by atoms with van der Waals surface area (Å²) in [7, 11) is 0. The molecule has 1 aromatic rings. The number of hydrogen-bond donors (Lipinski definition) is 0. The van der Waals surface area contributed by atoms with Gasteiger partial charge in [0.25, 0.3) is 0 Å². The smallest absolute Gasteiger partial charge is 0.227 e. The number of Topliss-reactive ketones (excluding diaryl/α,β-unsaturated/α-hetero) is 1. The first kappa shape index (κ1) is 19.1. The summed E-state index contributed by atoms with van der Waals surface area (Å²) in [6.45, 7) is 10.9. The maximum absolute atomic E-state index is 12.5. The van der Waals surface area contributed by atoms with Gasteiger partial charge in [-0.1, -0.05) is 19.1 Å². The third-order valence-corrected chi connectivity index (χ3v) is 5.72. The van der Waals surface area contributed by atoms with E-state index in [1.807, 2.05) is 29.2 Å². The number of benzene rings is 1. The molecule has 5 heteroatoms. The summed E-state index contributed by atoms with van der Waals surface area (Å²) < 4.78 is 0. The molecule has 5 nitrogen and oxygen atoms in total. The minimum absolute atomic E-state index is 0.0773. The molecule has 142 valence electrons. The predicted octanol–water partition coefficient (Wildman–Crippen LogP) is 2.80. The van der Waals surface area contributed by atoms with E-state index in [1.165, 1.54) is 0 Å². The zero-order valence-electron chi connectivity index (χ0n) is 16.1. The fraction of sp³-hybridized carbons (Fsp3) is 0.619. The van der Waals surface area contributed by atoms with Crippen LogP contribution >= 0.6 is 0 Å². The second-order valence-electron chi connectivity index (χ2n) is 7.47. The van der Waals surface area contributed by atoms with Crippen LogP contribution in [0.2, 0.25) is 0 Å². The zero-order chi connectivity index (χ0) is 18.5. The van der Waals surface area contributed by atoms with Gasteiger partial charge in [0.1, 0.15) is 0 Å². The summed E-state index contributed by atoms with van der Waals surface area (Å²) in [5, 5.41) is 0. The average Bonchev–Trinajstić information content (AvgIpc) is 2.77. The summed E-state index contributed by atoms with van der Waals surface area (Å²) in [5.74, 6) is 0.160. The van der Waals surface area contributed by atoms with E-state index < -0.39 is 0 Å². The number of likely N-dealkylation sites (N-methyl/N-ethyl adjacent to an activating group) is 1. The lowest BCUT2D eigenvalue weighted by atomic mass is 10.1. The zero-order valence-corrected chi connectivity index (χ0v) is 16.1. The minimum atomic E-state index is 0.0773. The van der Waals surface area contributed by atoms with Crippen molar-refractivity contribution in [3.8, 4) is 0 Å². The van der Waals surface area contributed by atoms with E-state index in [2.05, 4.69) is 23.6 Å². The Labute approximate surface area is 156 Å². The number of para-hydroxylation sites is 1. The van der Waals surface area contributed by atoms with E-state index in [1.54, 1.807) is 0 Å². The van der Waals surface area contributed by atoms with Crippen LogP contribution in [0.5, 0.6) is 0 Å². The molecule has 2 aliphatic rings. The first-order chi connectivity index (χ1) is 12.6. The molecule has 26 heavy (non-hydrogen) atoms. The quantitative estimate of drug-likeness (QED) is 0.735. The van der Waals surface area contributed by atoms with Crippen molar-refractivity contribution < 1.29 is 9.59 Å². The maximum Gasteiger partial charge on any atom is 0.227 e. The van der Waals surface area contributed by atoms with Gasteiger partial charge in [0.15, 0.2) is 5.78 Å². The lowest BCUT2D eigenvalue weighted by molar-refractivity contribution is -0.118. The van der Waals surface area contributed by atoms with Gasteiger partial charge in [-0.05, 0) is 45.0 Å². The van der Waals surface area contributed by atoms with E-state index in [-0.39, 0.29) is 11.7 Å². The molecule has 0 spiro atoms. The van der Waals surface area contributed by atoms with Gasteiger partial charge in [-0.3, -0.25) is 14.5 Å². The number of carbonyl (C=O) groups is 2. The standard InChI is InChI=1S/C21H31N3O2/c1-3-23-15-14-22(16-17(23)2)12-6-7-13-24-19-9-5-4-8-18(19)20(25)10-11-21(24)26/h4-5,8-9,17H,3,6-7,10-16H2,1-2H3/t17-/m1/s1. The molecule has 1 aromatic carbocycles. The first-order valence-electron chi connectivity index (χ1n) is 9.99. The van der Waals surface area contributed by atoms with E-state index in [9.17, 15) is 9.59 Å². The molecule has 1 amide bonds. The molecular weight excluding hydrogens is 326 g/mol. The molecule has 0 bridgehead atoms. The second-order valence-corrected chi connectivity index (χ2v) is 7.47. The van der Waals surface area contributed by atoms with Crippen LogP contribution in [0.1, 0.15) is 49.9 Å². The van der Waals surface area contributed by atoms with Crippen molar-refractivity contribution in [1.29, 1.82) is 0 Å². The minimum Gasteiger partial charge on any atom is -0.312 e. The summed E-state index contributed by atoms with van der Waals surface area (Å²) in [6, 6.07) is 8.16. The van der Waals surface area contributed by atoms with Gasteiger partial charge in [0.2, 0.25) is 5.91 Å². The average molecular weight is 357 g/mol. The number of nitrogens with zero attached hydrogens (tertiary/aromatic N) is 3. The number of unbranched alkanes of at least 4 members (excludes halogenated alkanes) is 1. The van der Waals surface area contributed by atoms with Crippen LogP contribution < -0.4 is 4.90 Å². The Kier molecular flexibility index (Phi) is 6.43. The monoisotopic (exact) mass is 357 g/mol. The van der Waals surface area contributed by atoms with Crippen LogP contribution in [0, 0.1) is 0 Å². The summed E-state index contributed by atoms with van der Waals surface area (Å²) >= 11 is 0. The van der Waals surface area contributed by atoms with Gasteiger partial charge in [-0.25, -0.2) is 0 Å². The van der Waals surface area contributed by atoms with Crippen LogP contribution in [0.15, 0.2) is 24.3 Å². The van der Waals surface area contributed by atoms with E-state index in [4.69, 9.17) is 0 Å². The Bertz CT molecular complexity index is 646. The molecule has 0 aliphatic carbocycles. The molecule has 0 saturated carbocycles. The van der Waals surface area contributed by atoms with Crippen molar-refractivity contribution in [2.75, 3.05) is 44.2 Å². The lowest BCUT2D eigenvalue weighted by Crippen LogP contribution is -2.51. The Morgan fingerprint density at radius 2 is 1.81 bits per heavy atom. The van der Waals surface area contributed by atoms with Crippen LogP contribution in [0.25, 0.3) is 0 Å². The third-order valence-electron chi connectivity index (χ3n) is 5.72. The lowest BCUT2D eigenvalue weighted by Gasteiger charge is -2.39. The maximum atomic E-state index is 12.5. The summed E-state index contributed by atoms with van der Waals surface area (Å²) in [5.41, 5.74) is 1.49. The highest BCUT2D eigenvalue weighted by molar-refractivity contribution is 6.09. The molecular formula is C21H31N3O2. The number of rotatable bonds is 6. The third kappa shape index (κ3) is 4.33. The molecule has 0 unspecified atom stereocenters. The Balaban J connectivity index is 1.52. The van der Waals surface area contributed by atoms with Gasteiger partial charge in [0.05, 0.1) is 5.69 Å². The van der Waals surface area contributed by atoms with E-state index >= 15 is 0 Å². The number of ketones is 1. The van der Waals surface area contributed by atoms with Crippen molar-refractivity contribution >= 4 is 17.4 Å². The SMILES string of the molecule is CCN1CCN(CCCCN2C(=O)CCC(=O)c3ccccc32)C[C@H]1C. The molecule has 1 fully saturated rings. The molecule has 2 heterocycles. The van der Waals surface area contributed by atoms with Crippen LogP contribution in [-0.4, -0.2) is 66.8 Å². The first-order valence-corrected chi connectivity index (χ1v) is 9.99. The second kappa shape index (κ2) is 8.78. The van der Waals surface area contributed by atoms with Crippen molar-refractivity contribution in [1.82, 2.24) is 9.80 Å². The normalized spacial score (nSPS) is 22.4. The number of amides is 1. The molecule has 1 atom stereocenters. The van der Waals surface area contributed by atoms with Gasteiger partial charge in [-0.2, -0.15) is 0 Å². The Morgan fingerprint density at radius 1 is 1.04 bits per heavy atom. The largest absolute Gasteiger partial charge is 0.312 e. The molecule has 1 saturated heterocycles. The Morgan fingerprint density at radius 3 is 2.58 bits per heavy atom. The predicted molar refractivity (Wildman–Crippen MR) is 105 cm³/mol. The van der Waals surface area contributed by atoms with Crippen molar-refractivity contribution in [3.63, 3.8) is 0 Å².